The molecular weight excluding hydrogens is 240 g/mol. The lowest BCUT2D eigenvalue weighted by Gasteiger charge is -2.04. The number of halogens is 1. The molecule has 0 saturated carbocycles. The van der Waals surface area contributed by atoms with Crippen LogP contribution in [0.15, 0.2) is 18.2 Å². The lowest BCUT2D eigenvalue weighted by Crippen LogP contribution is -2.07. The van der Waals surface area contributed by atoms with Gasteiger partial charge in [-0.25, -0.2) is 4.98 Å². The Kier molecular flexibility index (Phi) is 3.33. The lowest BCUT2D eigenvalue weighted by atomic mass is 10.2. The second kappa shape index (κ2) is 4.75. The maximum Gasteiger partial charge on any atom is 0.307 e. The number of fused-ring (bicyclic) bond motifs is 1. The van der Waals surface area contributed by atoms with E-state index < -0.39 is 0 Å². The number of carbonyl (C=O) groups excluding carboxylic acids is 1. The van der Waals surface area contributed by atoms with E-state index in [1.54, 1.807) is 0 Å². The zero-order chi connectivity index (χ0) is 12.4. The number of ether oxygens (including phenoxy) is 1. The zero-order valence-corrected chi connectivity index (χ0v) is 10.5. The van der Waals surface area contributed by atoms with Crippen LogP contribution in [0.25, 0.3) is 11.0 Å². The van der Waals surface area contributed by atoms with Gasteiger partial charge in [0.2, 0.25) is 5.28 Å². The van der Waals surface area contributed by atoms with Crippen LogP contribution in [0.3, 0.4) is 0 Å². The monoisotopic (exact) mass is 252 g/mol. The summed E-state index contributed by atoms with van der Waals surface area (Å²) in [7, 11) is 1.38. The van der Waals surface area contributed by atoms with Crippen LogP contribution in [-0.4, -0.2) is 22.6 Å². The van der Waals surface area contributed by atoms with Gasteiger partial charge in [-0.1, -0.05) is 12.1 Å². The van der Waals surface area contributed by atoms with Crippen molar-refractivity contribution in [1.29, 1.82) is 0 Å². The topological polar surface area (TPSA) is 44.1 Å². The minimum atomic E-state index is -0.254. The van der Waals surface area contributed by atoms with E-state index in [1.807, 2.05) is 29.7 Å². The smallest absolute Gasteiger partial charge is 0.307 e. The highest BCUT2D eigenvalue weighted by molar-refractivity contribution is 6.29. The number of rotatable bonds is 3. The van der Waals surface area contributed by atoms with Crippen molar-refractivity contribution in [2.45, 2.75) is 19.9 Å². The number of aromatic nitrogens is 2. The molecule has 4 nitrogen and oxygen atoms in total. The van der Waals surface area contributed by atoms with Crippen LogP contribution < -0.4 is 0 Å². The maximum absolute atomic E-state index is 11.1. The molecule has 90 valence electrons. The predicted molar refractivity (Wildman–Crippen MR) is 66.1 cm³/mol. The Morgan fingerprint density at radius 3 is 3.00 bits per heavy atom. The molecule has 0 spiro atoms. The highest BCUT2D eigenvalue weighted by Gasteiger charge is 2.11. The first kappa shape index (κ1) is 11.9. The first-order chi connectivity index (χ1) is 8.13. The summed E-state index contributed by atoms with van der Waals surface area (Å²) < 4.78 is 6.43. The van der Waals surface area contributed by atoms with Crippen LogP contribution in [0, 0.1) is 6.92 Å². The average Bonchev–Trinajstić information content (AvgIpc) is 2.64. The summed E-state index contributed by atoms with van der Waals surface area (Å²) in [6, 6.07) is 5.87. The molecule has 1 aromatic carbocycles. The third-order valence-electron chi connectivity index (χ3n) is 2.70. The highest BCUT2D eigenvalue weighted by Crippen LogP contribution is 2.22. The number of methoxy groups -OCH3 is 1. The zero-order valence-electron chi connectivity index (χ0n) is 9.74. The van der Waals surface area contributed by atoms with Crippen molar-refractivity contribution in [2.75, 3.05) is 7.11 Å². The Labute approximate surface area is 104 Å². The molecule has 2 rings (SSSR count). The molecule has 0 bridgehead atoms. The van der Waals surface area contributed by atoms with Crippen LogP contribution in [0.2, 0.25) is 5.28 Å². The molecule has 2 aromatic rings. The van der Waals surface area contributed by atoms with E-state index >= 15 is 0 Å². The van der Waals surface area contributed by atoms with Gasteiger partial charge < -0.3 is 9.30 Å². The second-order valence-corrected chi connectivity index (χ2v) is 4.14. The summed E-state index contributed by atoms with van der Waals surface area (Å²) in [5.74, 6) is -0.254. The van der Waals surface area contributed by atoms with Crippen molar-refractivity contribution in [3.05, 3.63) is 29.0 Å². The third kappa shape index (κ3) is 2.26. The van der Waals surface area contributed by atoms with Gasteiger partial charge in [0.1, 0.15) is 0 Å². The Morgan fingerprint density at radius 2 is 2.29 bits per heavy atom. The van der Waals surface area contributed by atoms with Crippen molar-refractivity contribution in [3.63, 3.8) is 0 Å². The van der Waals surface area contributed by atoms with Crippen molar-refractivity contribution in [1.82, 2.24) is 9.55 Å². The standard InChI is InChI=1S/C12H13ClN2O2/c1-8-4-3-5-9-11(8)14-12(13)15(9)7-6-10(16)17-2/h3-5H,6-7H2,1-2H3. The predicted octanol–water partition coefficient (Wildman–Crippen LogP) is 2.56. The quantitative estimate of drug-likeness (QED) is 0.789. The van der Waals surface area contributed by atoms with Crippen LogP contribution in [0.5, 0.6) is 0 Å². The summed E-state index contributed by atoms with van der Waals surface area (Å²) in [5, 5.41) is 0.401. The highest BCUT2D eigenvalue weighted by atomic mass is 35.5. The number of carbonyl (C=O) groups is 1. The molecule has 0 aliphatic carbocycles. The van der Waals surface area contributed by atoms with E-state index in [0.717, 1.165) is 16.6 Å². The molecule has 0 fully saturated rings. The molecule has 17 heavy (non-hydrogen) atoms. The van der Waals surface area contributed by atoms with Crippen molar-refractivity contribution >= 4 is 28.6 Å². The fraction of sp³-hybridized carbons (Fsp3) is 0.333. The Bertz CT molecular complexity index is 563. The molecule has 1 heterocycles. The van der Waals surface area contributed by atoms with Gasteiger partial charge in [0.05, 0.1) is 24.6 Å². The Hall–Kier alpha value is -1.55. The van der Waals surface area contributed by atoms with E-state index in [1.165, 1.54) is 7.11 Å². The lowest BCUT2D eigenvalue weighted by molar-refractivity contribution is -0.140. The summed E-state index contributed by atoms with van der Waals surface area (Å²) >= 11 is 6.07. The first-order valence-electron chi connectivity index (χ1n) is 5.31. The molecule has 0 aliphatic heterocycles. The molecular formula is C12H13ClN2O2. The number of imidazole rings is 1. The second-order valence-electron chi connectivity index (χ2n) is 3.80. The van der Waals surface area contributed by atoms with E-state index in [2.05, 4.69) is 9.72 Å². The first-order valence-corrected chi connectivity index (χ1v) is 5.69. The molecule has 0 saturated heterocycles. The summed E-state index contributed by atoms with van der Waals surface area (Å²) in [5.41, 5.74) is 2.89. The van der Waals surface area contributed by atoms with Gasteiger partial charge in [0.15, 0.2) is 0 Å². The molecule has 0 atom stereocenters. The number of para-hydroxylation sites is 1. The van der Waals surface area contributed by atoms with Gasteiger partial charge in [0.25, 0.3) is 0 Å². The van der Waals surface area contributed by atoms with Gasteiger partial charge in [-0.05, 0) is 30.2 Å². The van der Waals surface area contributed by atoms with Gasteiger partial charge in [-0.3, -0.25) is 4.79 Å². The van der Waals surface area contributed by atoms with Crippen molar-refractivity contribution in [2.24, 2.45) is 0 Å². The number of esters is 1. The van der Waals surface area contributed by atoms with Crippen molar-refractivity contribution in [3.8, 4) is 0 Å². The van der Waals surface area contributed by atoms with E-state index in [0.29, 0.717) is 11.8 Å². The average molecular weight is 253 g/mol. The largest absolute Gasteiger partial charge is 0.469 e. The third-order valence-corrected chi connectivity index (χ3v) is 2.99. The van der Waals surface area contributed by atoms with E-state index in [-0.39, 0.29) is 12.4 Å². The van der Waals surface area contributed by atoms with Gasteiger partial charge in [-0.15, -0.1) is 0 Å². The van der Waals surface area contributed by atoms with Crippen LogP contribution in [0.4, 0.5) is 0 Å². The van der Waals surface area contributed by atoms with Crippen LogP contribution in [-0.2, 0) is 16.1 Å². The minimum Gasteiger partial charge on any atom is -0.469 e. The number of hydrogen-bond donors (Lipinski definition) is 0. The molecule has 5 heteroatoms. The molecule has 1 aromatic heterocycles. The SMILES string of the molecule is COC(=O)CCn1c(Cl)nc2c(C)cccc21. The molecule has 0 unspecified atom stereocenters. The molecule has 0 aliphatic rings. The summed E-state index contributed by atoms with van der Waals surface area (Å²) in [6.07, 6.45) is 0.287. The fourth-order valence-electron chi connectivity index (χ4n) is 1.78. The number of nitrogens with zero attached hydrogens (tertiary/aromatic N) is 2. The number of aryl methyl sites for hydroxylation is 2. The summed E-state index contributed by atoms with van der Waals surface area (Å²) in [6.45, 7) is 2.46. The Morgan fingerprint density at radius 1 is 1.53 bits per heavy atom. The summed E-state index contributed by atoms with van der Waals surface area (Å²) in [4.78, 5) is 15.4. The molecule has 0 amide bonds. The van der Waals surface area contributed by atoms with Gasteiger partial charge in [-0.2, -0.15) is 0 Å². The maximum atomic E-state index is 11.1. The van der Waals surface area contributed by atoms with Gasteiger partial charge in [0, 0.05) is 6.54 Å². The molecule has 0 radical (unpaired) electrons. The van der Waals surface area contributed by atoms with E-state index in [9.17, 15) is 4.79 Å². The minimum absolute atomic E-state index is 0.254. The van der Waals surface area contributed by atoms with E-state index in [4.69, 9.17) is 11.6 Å². The van der Waals surface area contributed by atoms with Crippen LogP contribution >= 0.6 is 11.6 Å². The fourth-order valence-corrected chi connectivity index (χ4v) is 2.04. The van der Waals surface area contributed by atoms with Crippen molar-refractivity contribution < 1.29 is 9.53 Å². The number of benzene rings is 1. The van der Waals surface area contributed by atoms with Gasteiger partial charge >= 0.3 is 5.97 Å². The Balaban J connectivity index is 2.37. The van der Waals surface area contributed by atoms with Crippen LogP contribution in [0.1, 0.15) is 12.0 Å². The molecule has 0 N–H and O–H groups in total. The normalized spacial score (nSPS) is 10.8. The number of hydrogen-bond acceptors (Lipinski definition) is 3.